The number of amides is 2. The van der Waals surface area contributed by atoms with E-state index in [0.29, 0.717) is 25.3 Å². The molecule has 84 valence electrons. The van der Waals surface area contributed by atoms with Crippen molar-refractivity contribution in [2.75, 3.05) is 13.2 Å². The number of hydrogen-bond acceptors (Lipinski definition) is 2. The van der Waals surface area contributed by atoms with Gasteiger partial charge in [-0.1, -0.05) is 0 Å². The minimum absolute atomic E-state index is 0.211. The second kappa shape index (κ2) is 3.10. The summed E-state index contributed by atoms with van der Waals surface area (Å²) >= 11 is 0. The molecule has 2 aliphatic heterocycles. The van der Waals surface area contributed by atoms with Crippen molar-refractivity contribution in [2.24, 2.45) is 0 Å². The van der Waals surface area contributed by atoms with Crippen molar-refractivity contribution in [2.45, 2.75) is 12.0 Å². The van der Waals surface area contributed by atoms with Gasteiger partial charge in [-0.2, -0.15) is 0 Å². The molecular formula is C11H11FN2O2. The summed E-state index contributed by atoms with van der Waals surface area (Å²) in [5.74, 6) is 0.335. The van der Waals surface area contributed by atoms with E-state index in [2.05, 4.69) is 10.6 Å². The fourth-order valence-electron chi connectivity index (χ4n) is 2.32. The molecule has 1 saturated heterocycles. The Hall–Kier alpha value is -1.78. The molecule has 3 rings (SSSR count). The fourth-order valence-corrected chi connectivity index (χ4v) is 2.32. The lowest BCUT2D eigenvalue weighted by Gasteiger charge is -2.34. The van der Waals surface area contributed by atoms with Gasteiger partial charge in [0.1, 0.15) is 11.6 Å². The van der Waals surface area contributed by atoms with Crippen molar-refractivity contribution in [3.05, 3.63) is 29.6 Å². The number of ether oxygens (including phenoxy) is 1. The molecule has 0 aliphatic carbocycles. The van der Waals surface area contributed by atoms with Gasteiger partial charge in [-0.25, -0.2) is 9.18 Å². The summed E-state index contributed by atoms with van der Waals surface area (Å²) in [6, 6.07) is 4.19. The Bertz CT molecular complexity index is 463. The molecule has 1 aromatic carbocycles. The van der Waals surface area contributed by atoms with E-state index in [1.54, 1.807) is 6.07 Å². The molecule has 5 heteroatoms. The van der Waals surface area contributed by atoms with Crippen LogP contribution in [0, 0.1) is 5.82 Å². The topological polar surface area (TPSA) is 50.4 Å². The Labute approximate surface area is 91.8 Å². The summed E-state index contributed by atoms with van der Waals surface area (Å²) in [4.78, 5) is 11.3. The van der Waals surface area contributed by atoms with Gasteiger partial charge in [-0.05, 0) is 18.2 Å². The lowest BCUT2D eigenvalue weighted by molar-refractivity contribution is 0.204. The van der Waals surface area contributed by atoms with Gasteiger partial charge >= 0.3 is 6.03 Å². The molecule has 1 fully saturated rings. The summed E-state index contributed by atoms with van der Waals surface area (Å²) < 4.78 is 18.7. The van der Waals surface area contributed by atoms with E-state index in [-0.39, 0.29) is 11.8 Å². The van der Waals surface area contributed by atoms with Gasteiger partial charge in [-0.15, -0.1) is 0 Å². The van der Waals surface area contributed by atoms with Crippen molar-refractivity contribution in [3.63, 3.8) is 0 Å². The van der Waals surface area contributed by atoms with Crippen LogP contribution >= 0.6 is 0 Å². The number of halogens is 1. The first-order chi connectivity index (χ1) is 7.70. The summed E-state index contributed by atoms with van der Waals surface area (Å²) in [6.45, 7) is 1.01. The molecule has 1 spiro atoms. The Kier molecular flexibility index (Phi) is 1.83. The molecule has 0 aromatic heterocycles. The zero-order chi connectivity index (χ0) is 11.2. The van der Waals surface area contributed by atoms with E-state index in [0.717, 1.165) is 5.56 Å². The predicted molar refractivity (Wildman–Crippen MR) is 54.7 cm³/mol. The maximum absolute atomic E-state index is 13.2. The van der Waals surface area contributed by atoms with Crippen molar-refractivity contribution in [1.82, 2.24) is 10.6 Å². The standard InChI is InChI=1S/C11H11FN2O2/c12-7-1-2-9-8(5-7)11(3-4-16-9)6-13-10(15)14-11/h1-2,5H,3-4,6H2,(H2,13,14,15). The Balaban J connectivity index is 2.11. The van der Waals surface area contributed by atoms with Crippen LogP contribution in [-0.2, 0) is 5.54 Å². The van der Waals surface area contributed by atoms with Crippen LogP contribution in [0.1, 0.15) is 12.0 Å². The lowest BCUT2D eigenvalue weighted by atomic mass is 9.85. The quantitative estimate of drug-likeness (QED) is 0.691. The third kappa shape index (κ3) is 1.24. The summed E-state index contributed by atoms with van der Waals surface area (Å²) in [6.07, 6.45) is 0.655. The zero-order valence-corrected chi connectivity index (χ0v) is 8.55. The van der Waals surface area contributed by atoms with Gasteiger partial charge < -0.3 is 15.4 Å². The first-order valence-electron chi connectivity index (χ1n) is 5.18. The summed E-state index contributed by atoms with van der Waals surface area (Å²) in [5.41, 5.74) is 0.212. The molecule has 2 N–H and O–H groups in total. The minimum Gasteiger partial charge on any atom is -0.493 e. The molecule has 4 nitrogen and oxygen atoms in total. The average molecular weight is 222 g/mol. The van der Waals surface area contributed by atoms with Gasteiger partial charge in [0.05, 0.1) is 12.1 Å². The van der Waals surface area contributed by atoms with Gasteiger partial charge in [0.2, 0.25) is 0 Å². The minimum atomic E-state index is -0.507. The number of nitrogens with one attached hydrogen (secondary N) is 2. The van der Waals surface area contributed by atoms with Crippen LogP contribution in [0.25, 0.3) is 0 Å². The maximum Gasteiger partial charge on any atom is 0.315 e. The smallest absolute Gasteiger partial charge is 0.315 e. The third-order valence-electron chi connectivity index (χ3n) is 3.15. The maximum atomic E-state index is 13.2. The van der Waals surface area contributed by atoms with Crippen molar-refractivity contribution >= 4 is 6.03 Å². The number of carbonyl (C=O) groups excluding carboxylic acids is 1. The average Bonchev–Trinajstić information content (AvgIpc) is 2.63. The van der Waals surface area contributed by atoms with Crippen LogP contribution in [0.2, 0.25) is 0 Å². The number of fused-ring (bicyclic) bond motifs is 2. The number of benzene rings is 1. The molecule has 1 aromatic rings. The SMILES string of the molecule is O=C1NCC2(CCOc3ccc(F)cc32)N1. The highest BCUT2D eigenvalue weighted by Crippen LogP contribution is 2.38. The fraction of sp³-hybridized carbons (Fsp3) is 0.364. The van der Waals surface area contributed by atoms with E-state index in [4.69, 9.17) is 4.74 Å². The monoisotopic (exact) mass is 222 g/mol. The molecule has 0 bridgehead atoms. The zero-order valence-electron chi connectivity index (χ0n) is 8.55. The second-order valence-electron chi connectivity index (χ2n) is 4.13. The van der Waals surface area contributed by atoms with E-state index in [1.807, 2.05) is 0 Å². The van der Waals surface area contributed by atoms with E-state index in [9.17, 15) is 9.18 Å². The van der Waals surface area contributed by atoms with E-state index in [1.165, 1.54) is 12.1 Å². The highest BCUT2D eigenvalue weighted by Gasteiger charge is 2.43. The van der Waals surface area contributed by atoms with Crippen LogP contribution in [0.3, 0.4) is 0 Å². The normalized spacial score (nSPS) is 26.9. The highest BCUT2D eigenvalue weighted by atomic mass is 19.1. The first-order valence-corrected chi connectivity index (χ1v) is 5.18. The van der Waals surface area contributed by atoms with Gasteiger partial charge in [-0.3, -0.25) is 0 Å². The van der Waals surface area contributed by atoms with Crippen LogP contribution in [0.15, 0.2) is 18.2 Å². The Morgan fingerprint density at radius 1 is 1.44 bits per heavy atom. The first kappa shape index (κ1) is 9.45. The second-order valence-corrected chi connectivity index (χ2v) is 4.13. The molecule has 0 saturated carbocycles. The Morgan fingerprint density at radius 3 is 3.06 bits per heavy atom. The van der Waals surface area contributed by atoms with Crippen molar-refractivity contribution < 1.29 is 13.9 Å². The van der Waals surface area contributed by atoms with Gasteiger partial charge in [0, 0.05) is 18.5 Å². The molecular weight excluding hydrogens is 211 g/mol. The number of rotatable bonds is 0. The van der Waals surface area contributed by atoms with Crippen LogP contribution in [0.4, 0.5) is 9.18 Å². The molecule has 2 aliphatic rings. The van der Waals surface area contributed by atoms with Crippen LogP contribution in [-0.4, -0.2) is 19.2 Å². The molecule has 16 heavy (non-hydrogen) atoms. The van der Waals surface area contributed by atoms with Crippen LogP contribution in [0.5, 0.6) is 5.75 Å². The van der Waals surface area contributed by atoms with E-state index >= 15 is 0 Å². The Morgan fingerprint density at radius 2 is 2.31 bits per heavy atom. The number of carbonyl (C=O) groups is 1. The highest BCUT2D eigenvalue weighted by molar-refractivity contribution is 5.78. The number of urea groups is 1. The lowest BCUT2D eigenvalue weighted by Crippen LogP contribution is -2.44. The largest absolute Gasteiger partial charge is 0.493 e. The molecule has 2 heterocycles. The van der Waals surface area contributed by atoms with Crippen molar-refractivity contribution in [3.8, 4) is 5.75 Å². The van der Waals surface area contributed by atoms with Gasteiger partial charge in [0.25, 0.3) is 0 Å². The third-order valence-corrected chi connectivity index (χ3v) is 3.15. The molecule has 0 radical (unpaired) electrons. The predicted octanol–water partition coefficient (Wildman–Crippen LogP) is 1.12. The summed E-state index contributed by atoms with van der Waals surface area (Å²) in [7, 11) is 0. The van der Waals surface area contributed by atoms with Crippen LogP contribution < -0.4 is 15.4 Å². The van der Waals surface area contributed by atoms with E-state index < -0.39 is 5.54 Å². The number of hydrogen-bond donors (Lipinski definition) is 2. The summed E-state index contributed by atoms with van der Waals surface area (Å²) in [5, 5.41) is 5.57. The molecule has 1 unspecified atom stereocenters. The van der Waals surface area contributed by atoms with Crippen molar-refractivity contribution in [1.29, 1.82) is 0 Å². The van der Waals surface area contributed by atoms with Gasteiger partial charge in [0.15, 0.2) is 0 Å². The molecule has 2 amide bonds. The molecule has 1 atom stereocenters.